The van der Waals surface area contributed by atoms with Gasteiger partial charge in [0.05, 0.1) is 18.7 Å². The van der Waals surface area contributed by atoms with Crippen molar-refractivity contribution < 1.29 is 32.6 Å². The highest BCUT2D eigenvalue weighted by molar-refractivity contribution is 5.91. The van der Waals surface area contributed by atoms with E-state index in [2.05, 4.69) is 5.32 Å². The van der Waals surface area contributed by atoms with Crippen LogP contribution in [0.3, 0.4) is 0 Å². The molecule has 0 aliphatic rings. The monoisotopic (exact) mass is 379 g/mol. The first-order valence-electron chi connectivity index (χ1n) is 8.23. The number of carbonyl (C=O) groups is 2. The SMILES string of the molecule is CCOc1ccc(OCCNC(=O)COC(=O)c2cc(F)cc(F)c2)cc1. The Bertz CT molecular complexity index is 760. The zero-order valence-corrected chi connectivity index (χ0v) is 14.7. The fourth-order valence-corrected chi connectivity index (χ4v) is 2.10. The van der Waals surface area contributed by atoms with Crippen LogP contribution in [-0.4, -0.2) is 38.2 Å². The molecular weight excluding hydrogens is 360 g/mol. The fourth-order valence-electron chi connectivity index (χ4n) is 2.10. The predicted molar refractivity (Wildman–Crippen MR) is 92.8 cm³/mol. The molecule has 0 aliphatic carbocycles. The summed E-state index contributed by atoms with van der Waals surface area (Å²) in [6, 6.07) is 9.31. The number of esters is 1. The molecule has 6 nitrogen and oxygen atoms in total. The third-order valence-corrected chi connectivity index (χ3v) is 3.26. The maximum absolute atomic E-state index is 13.0. The number of rotatable bonds is 9. The molecule has 2 aromatic rings. The van der Waals surface area contributed by atoms with Crippen LogP contribution in [0.1, 0.15) is 17.3 Å². The molecule has 27 heavy (non-hydrogen) atoms. The van der Waals surface area contributed by atoms with Crippen LogP contribution >= 0.6 is 0 Å². The summed E-state index contributed by atoms with van der Waals surface area (Å²) in [5.41, 5.74) is -0.306. The van der Waals surface area contributed by atoms with Crippen LogP contribution in [0.25, 0.3) is 0 Å². The Labute approximate surface area is 155 Å². The Hall–Kier alpha value is -3.16. The molecule has 8 heteroatoms. The summed E-state index contributed by atoms with van der Waals surface area (Å²) >= 11 is 0. The summed E-state index contributed by atoms with van der Waals surface area (Å²) in [7, 11) is 0. The highest BCUT2D eigenvalue weighted by Gasteiger charge is 2.12. The molecule has 0 fully saturated rings. The number of carbonyl (C=O) groups excluding carboxylic acids is 2. The molecule has 144 valence electrons. The van der Waals surface area contributed by atoms with Gasteiger partial charge in [-0.25, -0.2) is 13.6 Å². The summed E-state index contributed by atoms with van der Waals surface area (Å²) in [5, 5.41) is 2.50. The van der Waals surface area contributed by atoms with Crippen molar-refractivity contribution in [1.82, 2.24) is 5.32 Å². The van der Waals surface area contributed by atoms with Crippen molar-refractivity contribution in [3.05, 3.63) is 59.7 Å². The molecule has 0 heterocycles. The van der Waals surface area contributed by atoms with Gasteiger partial charge in [0.2, 0.25) is 0 Å². The lowest BCUT2D eigenvalue weighted by Gasteiger charge is -2.09. The highest BCUT2D eigenvalue weighted by atomic mass is 19.1. The van der Waals surface area contributed by atoms with E-state index in [1.807, 2.05) is 6.92 Å². The summed E-state index contributed by atoms with van der Waals surface area (Å²) < 4.78 is 41.6. The zero-order chi connectivity index (χ0) is 19.6. The molecule has 0 radical (unpaired) electrons. The summed E-state index contributed by atoms with van der Waals surface area (Å²) in [5.74, 6) is -2.01. The minimum atomic E-state index is -0.991. The summed E-state index contributed by atoms with van der Waals surface area (Å²) in [6.07, 6.45) is 0. The maximum atomic E-state index is 13.0. The topological polar surface area (TPSA) is 73.9 Å². The summed E-state index contributed by atoms with van der Waals surface area (Å²) in [4.78, 5) is 23.3. The lowest BCUT2D eigenvalue weighted by Crippen LogP contribution is -2.32. The molecule has 2 aromatic carbocycles. The van der Waals surface area contributed by atoms with E-state index in [0.29, 0.717) is 18.4 Å². The number of halogens is 2. The van der Waals surface area contributed by atoms with Gasteiger partial charge >= 0.3 is 5.97 Å². The van der Waals surface area contributed by atoms with E-state index in [0.717, 1.165) is 17.9 Å². The Kier molecular flexibility index (Phi) is 7.54. The van der Waals surface area contributed by atoms with Gasteiger partial charge in [0.15, 0.2) is 6.61 Å². The number of hydrogen-bond donors (Lipinski definition) is 1. The van der Waals surface area contributed by atoms with E-state index in [1.54, 1.807) is 24.3 Å². The molecule has 1 N–H and O–H groups in total. The van der Waals surface area contributed by atoms with Gasteiger partial charge in [-0.1, -0.05) is 0 Å². The number of ether oxygens (including phenoxy) is 3. The molecule has 0 saturated carbocycles. The van der Waals surface area contributed by atoms with Gasteiger partial charge in [-0.3, -0.25) is 4.79 Å². The molecular formula is C19H19F2NO5. The van der Waals surface area contributed by atoms with Gasteiger partial charge in [-0.2, -0.15) is 0 Å². The average Bonchev–Trinajstić information content (AvgIpc) is 2.64. The van der Waals surface area contributed by atoms with Crippen LogP contribution in [0.2, 0.25) is 0 Å². The van der Waals surface area contributed by atoms with Crippen molar-refractivity contribution in [2.24, 2.45) is 0 Å². The van der Waals surface area contributed by atoms with Gasteiger partial charge in [0.25, 0.3) is 5.91 Å². The standard InChI is InChI=1S/C19H19F2NO5/c1-2-25-16-3-5-17(6-4-16)26-8-7-22-18(23)12-27-19(24)13-9-14(20)11-15(21)10-13/h3-6,9-11H,2,7-8,12H2,1H3,(H,22,23). The van der Waals surface area contributed by atoms with Gasteiger partial charge in [0, 0.05) is 6.07 Å². The normalized spacial score (nSPS) is 10.2. The molecule has 0 aliphatic heterocycles. The first-order valence-corrected chi connectivity index (χ1v) is 8.23. The quantitative estimate of drug-likeness (QED) is 0.536. The van der Waals surface area contributed by atoms with E-state index in [-0.39, 0.29) is 18.7 Å². The zero-order valence-electron chi connectivity index (χ0n) is 14.7. The number of benzene rings is 2. The van der Waals surface area contributed by atoms with Crippen LogP contribution in [0.4, 0.5) is 8.78 Å². The Morgan fingerprint density at radius 1 is 0.963 bits per heavy atom. The Morgan fingerprint density at radius 2 is 1.56 bits per heavy atom. The second kappa shape index (κ2) is 10.1. The second-order valence-electron chi connectivity index (χ2n) is 5.34. The van der Waals surface area contributed by atoms with E-state index >= 15 is 0 Å². The van der Waals surface area contributed by atoms with Crippen molar-refractivity contribution in [1.29, 1.82) is 0 Å². The van der Waals surface area contributed by atoms with E-state index in [1.165, 1.54) is 0 Å². The van der Waals surface area contributed by atoms with E-state index in [4.69, 9.17) is 14.2 Å². The minimum Gasteiger partial charge on any atom is -0.494 e. The average molecular weight is 379 g/mol. The summed E-state index contributed by atoms with van der Waals surface area (Å²) in [6.45, 7) is 2.30. The molecule has 0 bridgehead atoms. The Balaban J connectivity index is 1.66. The third kappa shape index (κ3) is 6.93. The maximum Gasteiger partial charge on any atom is 0.338 e. The first-order chi connectivity index (χ1) is 13.0. The predicted octanol–water partition coefficient (Wildman–Crippen LogP) is 2.72. The van der Waals surface area contributed by atoms with E-state index < -0.39 is 30.1 Å². The van der Waals surface area contributed by atoms with Crippen molar-refractivity contribution in [2.75, 3.05) is 26.4 Å². The lowest BCUT2D eigenvalue weighted by molar-refractivity contribution is -0.124. The van der Waals surface area contributed by atoms with Crippen molar-refractivity contribution in [3.8, 4) is 11.5 Å². The van der Waals surface area contributed by atoms with Crippen LogP contribution in [0.15, 0.2) is 42.5 Å². The van der Waals surface area contributed by atoms with Crippen LogP contribution in [0, 0.1) is 11.6 Å². The molecule has 0 saturated heterocycles. The lowest BCUT2D eigenvalue weighted by atomic mass is 10.2. The molecule has 0 aromatic heterocycles. The fraction of sp³-hybridized carbons (Fsp3) is 0.263. The highest BCUT2D eigenvalue weighted by Crippen LogP contribution is 2.17. The molecule has 0 unspecified atom stereocenters. The van der Waals surface area contributed by atoms with Crippen molar-refractivity contribution >= 4 is 11.9 Å². The molecule has 1 amide bonds. The van der Waals surface area contributed by atoms with Gasteiger partial charge < -0.3 is 19.5 Å². The van der Waals surface area contributed by atoms with Crippen LogP contribution in [0.5, 0.6) is 11.5 Å². The minimum absolute atomic E-state index is 0.193. The smallest absolute Gasteiger partial charge is 0.338 e. The van der Waals surface area contributed by atoms with Gasteiger partial charge in [0.1, 0.15) is 29.7 Å². The molecule has 0 spiro atoms. The van der Waals surface area contributed by atoms with Crippen LogP contribution < -0.4 is 14.8 Å². The van der Waals surface area contributed by atoms with E-state index in [9.17, 15) is 18.4 Å². The van der Waals surface area contributed by atoms with Crippen LogP contribution in [-0.2, 0) is 9.53 Å². The van der Waals surface area contributed by atoms with Crippen molar-refractivity contribution in [3.63, 3.8) is 0 Å². The largest absolute Gasteiger partial charge is 0.494 e. The number of amides is 1. The Morgan fingerprint density at radius 3 is 2.15 bits per heavy atom. The number of hydrogen-bond acceptors (Lipinski definition) is 5. The first kappa shape index (κ1) is 20.2. The second-order valence-corrected chi connectivity index (χ2v) is 5.34. The molecule has 0 atom stereocenters. The third-order valence-electron chi connectivity index (χ3n) is 3.26. The van der Waals surface area contributed by atoms with Gasteiger partial charge in [-0.15, -0.1) is 0 Å². The number of nitrogens with one attached hydrogen (secondary N) is 1. The molecule has 2 rings (SSSR count). The van der Waals surface area contributed by atoms with Crippen molar-refractivity contribution in [2.45, 2.75) is 6.92 Å². The van der Waals surface area contributed by atoms with Gasteiger partial charge in [-0.05, 0) is 43.3 Å².